The van der Waals surface area contributed by atoms with Crippen molar-refractivity contribution < 1.29 is 23.5 Å². The highest BCUT2D eigenvalue weighted by molar-refractivity contribution is 9.10. The molecule has 0 amide bonds. The standard InChI is InChI=1S/C21H15BrN2O5S/c1-2-27-21(26)17-14(12-5-7-13(22)8-6-12)11-30-19(17)23-10-15-20(25)29-18(24-15)16-4-3-9-28-16/h3-11,25H,2H2,1H3/b23-10+. The summed E-state index contributed by atoms with van der Waals surface area (Å²) in [6.45, 7) is 1.99. The average Bonchev–Trinajstić information content (AvgIpc) is 3.47. The molecule has 3 aromatic heterocycles. The molecular weight excluding hydrogens is 472 g/mol. The second-order valence-electron chi connectivity index (χ2n) is 6.00. The van der Waals surface area contributed by atoms with Crippen molar-refractivity contribution in [3.8, 4) is 28.7 Å². The van der Waals surface area contributed by atoms with Gasteiger partial charge in [0.25, 0.3) is 5.89 Å². The van der Waals surface area contributed by atoms with E-state index >= 15 is 0 Å². The first kappa shape index (κ1) is 20.1. The van der Waals surface area contributed by atoms with Crippen molar-refractivity contribution in [1.29, 1.82) is 0 Å². The van der Waals surface area contributed by atoms with Gasteiger partial charge in [-0.3, -0.25) is 0 Å². The number of esters is 1. The summed E-state index contributed by atoms with van der Waals surface area (Å²) in [6, 6.07) is 11.0. The van der Waals surface area contributed by atoms with Crippen LogP contribution in [0.5, 0.6) is 5.95 Å². The normalized spacial score (nSPS) is 11.3. The SMILES string of the molecule is CCOC(=O)c1c(-c2ccc(Br)cc2)csc1/N=C/c1nc(-c2ccco2)oc1O. The van der Waals surface area contributed by atoms with Crippen LogP contribution in [0.4, 0.5) is 5.00 Å². The van der Waals surface area contributed by atoms with Crippen LogP contribution in [0.3, 0.4) is 0 Å². The second-order valence-corrected chi connectivity index (χ2v) is 7.78. The summed E-state index contributed by atoms with van der Waals surface area (Å²) in [6.07, 6.45) is 2.82. The zero-order valence-electron chi connectivity index (χ0n) is 15.7. The van der Waals surface area contributed by atoms with E-state index in [0.717, 1.165) is 15.6 Å². The van der Waals surface area contributed by atoms with Gasteiger partial charge >= 0.3 is 11.9 Å². The van der Waals surface area contributed by atoms with Crippen LogP contribution in [0.2, 0.25) is 0 Å². The van der Waals surface area contributed by atoms with Crippen molar-refractivity contribution in [3.63, 3.8) is 0 Å². The lowest BCUT2D eigenvalue weighted by atomic mass is 10.0. The summed E-state index contributed by atoms with van der Waals surface area (Å²) < 4.78 is 16.6. The average molecular weight is 487 g/mol. The van der Waals surface area contributed by atoms with Crippen molar-refractivity contribution in [2.75, 3.05) is 6.61 Å². The van der Waals surface area contributed by atoms with Crippen molar-refractivity contribution in [3.05, 3.63) is 63.8 Å². The van der Waals surface area contributed by atoms with Gasteiger partial charge in [0.2, 0.25) is 0 Å². The number of ether oxygens (including phenoxy) is 1. The smallest absolute Gasteiger partial charge is 0.341 e. The van der Waals surface area contributed by atoms with E-state index in [9.17, 15) is 9.90 Å². The number of benzene rings is 1. The van der Waals surface area contributed by atoms with Crippen LogP contribution < -0.4 is 0 Å². The molecule has 0 radical (unpaired) electrons. The van der Waals surface area contributed by atoms with Gasteiger partial charge in [0.05, 0.1) is 19.1 Å². The molecule has 0 spiro atoms. The molecule has 0 fully saturated rings. The summed E-state index contributed by atoms with van der Waals surface area (Å²) >= 11 is 4.70. The first-order chi connectivity index (χ1) is 14.6. The fourth-order valence-corrected chi connectivity index (χ4v) is 3.89. The number of oxazole rings is 1. The number of carbonyl (C=O) groups excluding carboxylic acids is 1. The fraction of sp³-hybridized carbons (Fsp3) is 0.0952. The maximum Gasteiger partial charge on any atom is 0.341 e. The Balaban J connectivity index is 1.70. The van der Waals surface area contributed by atoms with E-state index in [2.05, 4.69) is 25.9 Å². The Morgan fingerprint density at radius 2 is 2.13 bits per heavy atom. The van der Waals surface area contributed by atoms with Gasteiger partial charge in [-0.15, -0.1) is 11.3 Å². The monoisotopic (exact) mass is 486 g/mol. The Morgan fingerprint density at radius 1 is 1.33 bits per heavy atom. The minimum Gasteiger partial charge on any atom is -0.479 e. The fourth-order valence-electron chi connectivity index (χ4n) is 2.72. The minimum absolute atomic E-state index is 0.120. The van der Waals surface area contributed by atoms with Gasteiger partial charge in [0.15, 0.2) is 11.5 Å². The molecule has 0 bridgehead atoms. The summed E-state index contributed by atoms with van der Waals surface area (Å²) in [7, 11) is 0. The lowest BCUT2D eigenvalue weighted by molar-refractivity contribution is 0.0529. The van der Waals surface area contributed by atoms with E-state index < -0.39 is 11.9 Å². The third-order valence-electron chi connectivity index (χ3n) is 4.08. The largest absolute Gasteiger partial charge is 0.479 e. The molecule has 0 saturated heterocycles. The summed E-state index contributed by atoms with van der Waals surface area (Å²) in [5, 5.41) is 12.3. The molecule has 30 heavy (non-hydrogen) atoms. The first-order valence-electron chi connectivity index (χ1n) is 8.89. The van der Waals surface area contributed by atoms with E-state index in [1.54, 1.807) is 19.1 Å². The maximum absolute atomic E-state index is 12.6. The zero-order valence-corrected chi connectivity index (χ0v) is 18.1. The summed E-state index contributed by atoms with van der Waals surface area (Å²) in [5.41, 5.74) is 2.06. The number of rotatable bonds is 6. The number of halogens is 1. The highest BCUT2D eigenvalue weighted by Gasteiger charge is 2.22. The highest BCUT2D eigenvalue weighted by Crippen LogP contribution is 2.38. The molecule has 7 nitrogen and oxygen atoms in total. The van der Waals surface area contributed by atoms with Gasteiger partial charge in [-0.2, -0.15) is 0 Å². The van der Waals surface area contributed by atoms with E-state index in [1.165, 1.54) is 23.8 Å². The molecule has 0 aliphatic rings. The number of furan rings is 1. The van der Waals surface area contributed by atoms with Gasteiger partial charge in [0, 0.05) is 15.4 Å². The van der Waals surface area contributed by atoms with Crippen LogP contribution in [0, 0.1) is 0 Å². The molecule has 152 valence electrons. The van der Waals surface area contributed by atoms with Gasteiger partial charge < -0.3 is 18.7 Å². The molecule has 1 N–H and O–H groups in total. The van der Waals surface area contributed by atoms with Gasteiger partial charge in [-0.25, -0.2) is 14.8 Å². The Kier molecular flexibility index (Phi) is 5.82. The quantitative estimate of drug-likeness (QED) is 0.262. The van der Waals surface area contributed by atoms with E-state index in [1.807, 2.05) is 29.6 Å². The number of thiophene rings is 1. The number of aliphatic imine (C=N–C) groups is 1. The van der Waals surface area contributed by atoms with Crippen molar-refractivity contribution in [2.24, 2.45) is 4.99 Å². The van der Waals surface area contributed by atoms with Crippen LogP contribution in [-0.4, -0.2) is 28.9 Å². The predicted molar refractivity (Wildman–Crippen MR) is 117 cm³/mol. The predicted octanol–water partition coefficient (Wildman–Crippen LogP) is 6.06. The second kappa shape index (κ2) is 8.68. The van der Waals surface area contributed by atoms with E-state index in [4.69, 9.17) is 13.6 Å². The lowest BCUT2D eigenvalue weighted by Crippen LogP contribution is -2.05. The summed E-state index contributed by atoms with van der Waals surface area (Å²) in [4.78, 5) is 21.2. The minimum atomic E-state index is -0.468. The Hall–Kier alpha value is -3.17. The molecule has 0 unspecified atom stereocenters. The van der Waals surface area contributed by atoms with Gasteiger partial charge in [-0.1, -0.05) is 28.1 Å². The highest BCUT2D eigenvalue weighted by atomic mass is 79.9. The third-order valence-corrected chi connectivity index (χ3v) is 5.49. The van der Waals surface area contributed by atoms with Crippen LogP contribution in [0.25, 0.3) is 22.8 Å². The zero-order chi connectivity index (χ0) is 21.1. The van der Waals surface area contributed by atoms with Gasteiger partial charge in [0.1, 0.15) is 10.6 Å². The lowest BCUT2D eigenvalue weighted by Gasteiger charge is -2.05. The molecule has 0 atom stereocenters. The van der Waals surface area contributed by atoms with E-state index in [-0.39, 0.29) is 18.2 Å². The van der Waals surface area contributed by atoms with Gasteiger partial charge in [-0.05, 0) is 36.8 Å². The Bertz CT molecular complexity index is 1190. The Morgan fingerprint density at radius 3 is 2.83 bits per heavy atom. The molecule has 1 aromatic carbocycles. The number of hydrogen-bond donors (Lipinski definition) is 1. The third kappa shape index (κ3) is 4.07. The molecule has 3 heterocycles. The van der Waals surface area contributed by atoms with Crippen LogP contribution >= 0.6 is 27.3 Å². The molecule has 4 rings (SSSR count). The topological polar surface area (TPSA) is 98.1 Å². The Labute approximate surface area is 183 Å². The van der Waals surface area contributed by atoms with Crippen LogP contribution in [0.15, 0.2) is 66.3 Å². The molecule has 9 heteroatoms. The molecule has 4 aromatic rings. The number of aromatic nitrogens is 1. The molecular formula is C21H15BrN2O5S. The molecule has 0 saturated carbocycles. The van der Waals surface area contributed by atoms with Crippen LogP contribution in [-0.2, 0) is 4.74 Å². The number of nitrogens with zero attached hydrogens (tertiary/aromatic N) is 2. The molecule has 0 aliphatic carbocycles. The van der Waals surface area contributed by atoms with Crippen molar-refractivity contribution in [1.82, 2.24) is 4.98 Å². The first-order valence-corrected chi connectivity index (χ1v) is 10.6. The number of hydrogen-bond acceptors (Lipinski definition) is 8. The number of carbonyl (C=O) groups is 1. The van der Waals surface area contributed by atoms with Crippen molar-refractivity contribution in [2.45, 2.75) is 6.92 Å². The van der Waals surface area contributed by atoms with Crippen molar-refractivity contribution >= 4 is 44.5 Å². The molecule has 0 aliphatic heterocycles. The summed E-state index contributed by atoms with van der Waals surface area (Å²) in [5.74, 6) is -0.353. The maximum atomic E-state index is 12.6. The number of aromatic hydroxyl groups is 1. The van der Waals surface area contributed by atoms with Crippen LogP contribution in [0.1, 0.15) is 23.0 Å². The van der Waals surface area contributed by atoms with E-state index in [0.29, 0.717) is 16.3 Å².